The normalized spacial score (nSPS) is 14.7. The van der Waals surface area contributed by atoms with Crippen LogP contribution in [0.1, 0.15) is 30.9 Å². The van der Waals surface area contributed by atoms with Gasteiger partial charge in [-0.3, -0.25) is 9.59 Å². The van der Waals surface area contributed by atoms with Gasteiger partial charge in [0.25, 0.3) is 0 Å². The summed E-state index contributed by atoms with van der Waals surface area (Å²) in [7, 11) is 0. The maximum atomic E-state index is 12.5. The SMILES string of the molecule is CCOc1ncccc1CNC(=O)C1CCN(C(=O)/C=C/c2ccccc2)CC1. The molecule has 1 fully saturated rings. The summed E-state index contributed by atoms with van der Waals surface area (Å²) < 4.78 is 5.50. The standard InChI is InChI=1S/C23H27N3O3/c1-2-29-23-20(9-6-14-24-23)17-25-22(28)19-12-15-26(16-13-19)21(27)11-10-18-7-4-3-5-8-18/h3-11,14,19H,2,12-13,15-17H2,1H3,(H,25,28)/b11-10+. The molecule has 1 aliphatic rings. The maximum absolute atomic E-state index is 12.5. The van der Waals surface area contributed by atoms with E-state index in [0.29, 0.717) is 45.0 Å². The highest BCUT2D eigenvalue weighted by Crippen LogP contribution is 2.19. The number of benzene rings is 1. The second-order valence-corrected chi connectivity index (χ2v) is 6.96. The molecule has 0 unspecified atom stereocenters. The number of piperidine rings is 1. The van der Waals surface area contributed by atoms with Crippen LogP contribution in [0.2, 0.25) is 0 Å². The number of carbonyl (C=O) groups is 2. The van der Waals surface area contributed by atoms with Crippen molar-refractivity contribution in [2.75, 3.05) is 19.7 Å². The molecule has 3 rings (SSSR count). The lowest BCUT2D eigenvalue weighted by Crippen LogP contribution is -2.42. The van der Waals surface area contributed by atoms with Gasteiger partial charge in [0.2, 0.25) is 17.7 Å². The highest BCUT2D eigenvalue weighted by Gasteiger charge is 2.26. The molecule has 0 radical (unpaired) electrons. The Morgan fingerprint density at radius 2 is 1.93 bits per heavy atom. The number of hydrogen-bond acceptors (Lipinski definition) is 4. The summed E-state index contributed by atoms with van der Waals surface area (Å²) >= 11 is 0. The Morgan fingerprint density at radius 1 is 1.17 bits per heavy atom. The molecular weight excluding hydrogens is 366 g/mol. The summed E-state index contributed by atoms with van der Waals surface area (Å²) in [6.07, 6.45) is 6.44. The van der Waals surface area contributed by atoms with Crippen LogP contribution in [0, 0.1) is 5.92 Å². The van der Waals surface area contributed by atoms with Crippen LogP contribution in [-0.2, 0) is 16.1 Å². The Hall–Kier alpha value is -3.15. The number of aromatic nitrogens is 1. The minimum atomic E-state index is -0.0793. The Morgan fingerprint density at radius 3 is 2.66 bits per heavy atom. The summed E-state index contributed by atoms with van der Waals surface area (Å²) in [5.74, 6) is 0.484. The number of carbonyl (C=O) groups excluding carboxylic acids is 2. The molecule has 2 heterocycles. The second-order valence-electron chi connectivity index (χ2n) is 6.96. The molecular formula is C23H27N3O3. The summed E-state index contributed by atoms with van der Waals surface area (Å²) in [5.41, 5.74) is 1.86. The zero-order valence-electron chi connectivity index (χ0n) is 16.7. The predicted octanol–water partition coefficient (Wildman–Crippen LogP) is 3.05. The number of rotatable bonds is 7. The van der Waals surface area contributed by atoms with Gasteiger partial charge in [-0.25, -0.2) is 4.98 Å². The fourth-order valence-electron chi connectivity index (χ4n) is 3.35. The van der Waals surface area contributed by atoms with Crippen molar-refractivity contribution in [1.82, 2.24) is 15.2 Å². The first-order chi connectivity index (χ1) is 14.2. The molecule has 1 N–H and O–H groups in total. The number of amides is 2. The van der Waals surface area contributed by atoms with Crippen LogP contribution in [0.5, 0.6) is 5.88 Å². The molecule has 0 aliphatic carbocycles. The molecule has 0 bridgehead atoms. The molecule has 1 aromatic heterocycles. The second kappa shape index (κ2) is 10.4. The number of hydrogen-bond donors (Lipinski definition) is 1. The van der Waals surface area contributed by atoms with Gasteiger partial charge in [-0.2, -0.15) is 0 Å². The van der Waals surface area contributed by atoms with Gasteiger partial charge in [0.05, 0.1) is 6.61 Å². The van der Waals surface area contributed by atoms with Gasteiger partial charge in [-0.1, -0.05) is 36.4 Å². The van der Waals surface area contributed by atoms with E-state index in [4.69, 9.17) is 4.74 Å². The number of ether oxygens (including phenoxy) is 1. The van der Waals surface area contributed by atoms with Crippen molar-refractivity contribution in [2.45, 2.75) is 26.3 Å². The van der Waals surface area contributed by atoms with E-state index in [1.54, 1.807) is 17.2 Å². The first kappa shape index (κ1) is 20.6. The van der Waals surface area contributed by atoms with E-state index < -0.39 is 0 Å². The zero-order valence-corrected chi connectivity index (χ0v) is 16.7. The first-order valence-corrected chi connectivity index (χ1v) is 10.0. The number of likely N-dealkylation sites (tertiary alicyclic amines) is 1. The van der Waals surface area contributed by atoms with Crippen LogP contribution in [-0.4, -0.2) is 41.4 Å². The molecule has 0 saturated carbocycles. The molecule has 0 atom stereocenters. The molecule has 6 heteroatoms. The quantitative estimate of drug-likeness (QED) is 0.734. The zero-order chi connectivity index (χ0) is 20.5. The lowest BCUT2D eigenvalue weighted by atomic mass is 9.95. The Balaban J connectivity index is 1.46. The third-order valence-corrected chi connectivity index (χ3v) is 4.98. The van der Waals surface area contributed by atoms with Gasteiger partial charge in [0.1, 0.15) is 0 Å². The van der Waals surface area contributed by atoms with Gasteiger partial charge in [-0.15, -0.1) is 0 Å². The van der Waals surface area contributed by atoms with Crippen molar-refractivity contribution in [3.8, 4) is 5.88 Å². The van der Waals surface area contributed by atoms with E-state index in [9.17, 15) is 9.59 Å². The molecule has 6 nitrogen and oxygen atoms in total. The molecule has 2 aromatic rings. The third-order valence-electron chi connectivity index (χ3n) is 4.98. The molecule has 2 amide bonds. The van der Waals surface area contributed by atoms with Gasteiger partial charge >= 0.3 is 0 Å². The fraction of sp³-hybridized carbons (Fsp3) is 0.348. The van der Waals surface area contributed by atoms with Crippen molar-refractivity contribution < 1.29 is 14.3 Å². The van der Waals surface area contributed by atoms with E-state index in [0.717, 1.165) is 11.1 Å². The van der Waals surface area contributed by atoms with Gasteiger partial charge in [0.15, 0.2) is 0 Å². The van der Waals surface area contributed by atoms with Crippen LogP contribution < -0.4 is 10.1 Å². The summed E-state index contributed by atoms with van der Waals surface area (Å²) in [6.45, 7) is 4.01. The number of nitrogens with one attached hydrogen (secondary N) is 1. The number of pyridine rings is 1. The van der Waals surface area contributed by atoms with Crippen LogP contribution in [0.25, 0.3) is 6.08 Å². The van der Waals surface area contributed by atoms with E-state index in [-0.39, 0.29) is 17.7 Å². The monoisotopic (exact) mass is 393 g/mol. The Labute approximate surface area is 171 Å². The summed E-state index contributed by atoms with van der Waals surface area (Å²) in [6, 6.07) is 13.5. The lowest BCUT2D eigenvalue weighted by Gasteiger charge is -2.30. The highest BCUT2D eigenvalue weighted by atomic mass is 16.5. The minimum absolute atomic E-state index is 0.00979. The molecule has 29 heavy (non-hydrogen) atoms. The maximum Gasteiger partial charge on any atom is 0.246 e. The van der Waals surface area contributed by atoms with Crippen LogP contribution in [0.15, 0.2) is 54.7 Å². The molecule has 1 saturated heterocycles. The average molecular weight is 393 g/mol. The number of nitrogens with zero attached hydrogens (tertiary/aromatic N) is 2. The van der Waals surface area contributed by atoms with Crippen molar-refractivity contribution >= 4 is 17.9 Å². The average Bonchev–Trinajstić information content (AvgIpc) is 2.77. The van der Waals surface area contributed by atoms with E-state index >= 15 is 0 Å². The van der Waals surface area contributed by atoms with E-state index in [1.807, 2.05) is 55.5 Å². The minimum Gasteiger partial charge on any atom is -0.478 e. The van der Waals surface area contributed by atoms with Crippen molar-refractivity contribution in [2.24, 2.45) is 5.92 Å². The summed E-state index contributed by atoms with van der Waals surface area (Å²) in [4.78, 5) is 30.9. The summed E-state index contributed by atoms with van der Waals surface area (Å²) in [5, 5.41) is 2.98. The van der Waals surface area contributed by atoms with Crippen molar-refractivity contribution in [3.05, 3.63) is 65.9 Å². The molecule has 1 aliphatic heterocycles. The molecule has 0 spiro atoms. The highest BCUT2D eigenvalue weighted by molar-refractivity contribution is 5.92. The fourth-order valence-corrected chi connectivity index (χ4v) is 3.35. The predicted molar refractivity (Wildman–Crippen MR) is 112 cm³/mol. The van der Waals surface area contributed by atoms with Crippen LogP contribution in [0.4, 0.5) is 0 Å². The molecule has 152 valence electrons. The van der Waals surface area contributed by atoms with Crippen LogP contribution in [0.3, 0.4) is 0 Å². The van der Waals surface area contributed by atoms with Crippen molar-refractivity contribution in [1.29, 1.82) is 0 Å². The van der Waals surface area contributed by atoms with Crippen LogP contribution >= 0.6 is 0 Å². The van der Waals surface area contributed by atoms with E-state index in [1.165, 1.54) is 0 Å². The largest absolute Gasteiger partial charge is 0.478 e. The third kappa shape index (κ3) is 5.91. The Bertz CT molecular complexity index is 843. The topological polar surface area (TPSA) is 71.5 Å². The molecule has 1 aromatic carbocycles. The Kier molecular flexibility index (Phi) is 7.39. The smallest absolute Gasteiger partial charge is 0.246 e. The van der Waals surface area contributed by atoms with Gasteiger partial charge in [0, 0.05) is 43.4 Å². The lowest BCUT2D eigenvalue weighted by molar-refractivity contribution is -0.132. The van der Waals surface area contributed by atoms with E-state index in [2.05, 4.69) is 10.3 Å². The van der Waals surface area contributed by atoms with Crippen molar-refractivity contribution in [3.63, 3.8) is 0 Å². The first-order valence-electron chi connectivity index (χ1n) is 10.0. The van der Waals surface area contributed by atoms with Gasteiger partial charge in [-0.05, 0) is 37.5 Å². The van der Waals surface area contributed by atoms with Gasteiger partial charge < -0.3 is 15.0 Å².